The fourth-order valence-electron chi connectivity index (χ4n) is 6.01. The Kier molecular flexibility index (Phi) is 13.1. The summed E-state index contributed by atoms with van der Waals surface area (Å²) < 4.78 is 58.3. The van der Waals surface area contributed by atoms with Crippen LogP contribution in [-0.4, -0.2) is 90.3 Å². The third-order valence-electron chi connectivity index (χ3n) is 8.45. The molecule has 8 nitrogen and oxygen atoms in total. The predicted octanol–water partition coefficient (Wildman–Crippen LogP) is 5.40. The second-order valence-electron chi connectivity index (χ2n) is 12.1. The maximum atomic E-state index is 13.9. The van der Waals surface area contributed by atoms with E-state index in [1.54, 1.807) is 48.5 Å². The molecule has 2 aliphatic rings. The van der Waals surface area contributed by atoms with E-state index in [2.05, 4.69) is 11.5 Å². The van der Waals surface area contributed by atoms with E-state index in [1.807, 2.05) is 25.9 Å². The quantitative estimate of drug-likeness (QED) is 0.373. The highest BCUT2D eigenvalue weighted by Crippen LogP contribution is 2.26. The molecule has 1 aliphatic heterocycles. The Morgan fingerprint density at radius 3 is 1.65 bits per heavy atom. The molecule has 0 N–H and O–H groups in total. The van der Waals surface area contributed by atoms with Gasteiger partial charge in [-0.1, -0.05) is 43.5 Å². The van der Waals surface area contributed by atoms with Crippen molar-refractivity contribution in [3.63, 3.8) is 0 Å². The summed E-state index contributed by atoms with van der Waals surface area (Å²) in [4.78, 5) is 4.84. The topological polar surface area (TPSA) is 81.2 Å². The lowest BCUT2D eigenvalue weighted by Crippen LogP contribution is -2.42. The molecule has 0 aromatic heterocycles. The van der Waals surface area contributed by atoms with Gasteiger partial charge in [-0.25, -0.2) is 16.8 Å². The Labute approximate surface area is 266 Å². The molecule has 2 aromatic rings. The lowest BCUT2D eigenvalue weighted by Gasteiger charge is -2.33. The zero-order valence-electron chi connectivity index (χ0n) is 25.9. The van der Waals surface area contributed by atoms with Gasteiger partial charge in [0.1, 0.15) is 0 Å². The van der Waals surface area contributed by atoms with Crippen molar-refractivity contribution in [1.29, 1.82) is 0 Å². The van der Waals surface area contributed by atoms with Crippen molar-refractivity contribution >= 4 is 38.1 Å². The summed E-state index contributed by atoms with van der Waals surface area (Å²) in [5, 5.41) is 0. The van der Waals surface area contributed by atoms with Crippen LogP contribution in [0, 0.1) is 12.8 Å². The Bertz CT molecular complexity index is 1390. The molecule has 1 saturated heterocycles. The van der Waals surface area contributed by atoms with Crippen LogP contribution in [0.2, 0.25) is 0 Å². The van der Waals surface area contributed by atoms with Gasteiger partial charge in [0.2, 0.25) is 20.0 Å². The Balaban J connectivity index is 0.00000506. The van der Waals surface area contributed by atoms with Gasteiger partial charge in [0, 0.05) is 52.5 Å². The van der Waals surface area contributed by atoms with Crippen molar-refractivity contribution in [3.05, 3.63) is 66.2 Å². The number of anilines is 1. The standard InChI is InChI=1S/C32H48N4O4S2.ClH/c1-27-12-16-31(17-13-27)41(37,38)35-22-8-20-34(26-29-10-6-5-7-11-29)21-9-23-36(25-28(2)24-35)42(39,40)32-18-14-30(15-19-32)33(3)4;/h12-19,29H,2,5-11,20-26H2,1,3-4H3;1H. The maximum Gasteiger partial charge on any atom is 0.243 e. The third-order valence-corrected chi connectivity index (χ3v) is 12.2. The second-order valence-corrected chi connectivity index (χ2v) is 16.0. The first-order valence-corrected chi connectivity index (χ1v) is 18.1. The van der Waals surface area contributed by atoms with Crippen LogP contribution in [-0.2, 0) is 20.0 Å². The zero-order valence-corrected chi connectivity index (χ0v) is 28.4. The molecule has 0 unspecified atom stereocenters. The van der Waals surface area contributed by atoms with Gasteiger partial charge in [-0.2, -0.15) is 8.61 Å². The van der Waals surface area contributed by atoms with Crippen LogP contribution in [0.3, 0.4) is 0 Å². The molecule has 1 heterocycles. The van der Waals surface area contributed by atoms with E-state index in [0.29, 0.717) is 37.4 Å². The monoisotopic (exact) mass is 652 g/mol. The molecule has 2 aromatic carbocycles. The van der Waals surface area contributed by atoms with E-state index in [4.69, 9.17) is 0 Å². The van der Waals surface area contributed by atoms with Crippen LogP contribution in [0.4, 0.5) is 5.69 Å². The van der Waals surface area contributed by atoms with Crippen LogP contribution >= 0.6 is 12.4 Å². The van der Waals surface area contributed by atoms with Crippen molar-refractivity contribution in [3.8, 4) is 0 Å². The maximum absolute atomic E-state index is 13.9. The molecular formula is C32H49ClN4O4S2. The number of nitrogens with zero attached hydrogens (tertiary/aromatic N) is 4. The lowest BCUT2D eigenvalue weighted by molar-refractivity contribution is 0.188. The Hall–Kier alpha value is -1.95. The molecular weight excluding hydrogens is 604 g/mol. The van der Waals surface area contributed by atoms with Crippen LogP contribution in [0.1, 0.15) is 50.5 Å². The largest absolute Gasteiger partial charge is 0.378 e. The van der Waals surface area contributed by atoms with Gasteiger partial charge in [0.15, 0.2) is 0 Å². The summed E-state index contributed by atoms with van der Waals surface area (Å²) in [7, 11) is -3.76. The Morgan fingerprint density at radius 1 is 0.721 bits per heavy atom. The summed E-state index contributed by atoms with van der Waals surface area (Å²) in [5.74, 6) is 0.647. The minimum absolute atomic E-state index is 0. The van der Waals surface area contributed by atoms with Gasteiger partial charge in [-0.3, -0.25) is 0 Å². The number of aryl methyl sites for hydroxylation is 1. The highest BCUT2D eigenvalue weighted by Gasteiger charge is 2.30. The Morgan fingerprint density at radius 2 is 1.19 bits per heavy atom. The van der Waals surface area contributed by atoms with Gasteiger partial charge >= 0.3 is 0 Å². The van der Waals surface area contributed by atoms with Gasteiger partial charge in [0.05, 0.1) is 9.79 Å². The average Bonchev–Trinajstić information content (AvgIpc) is 2.96. The van der Waals surface area contributed by atoms with Gasteiger partial charge in [-0.15, -0.1) is 12.4 Å². The number of benzene rings is 2. The molecule has 4 rings (SSSR count). The van der Waals surface area contributed by atoms with Crippen molar-refractivity contribution in [1.82, 2.24) is 13.5 Å². The van der Waals surface area contributed by atoms with E-state index >= 15 is 0 Å². The summed E-state index contributed by atoms with van der Waals surface area (Å²) in [6.45, 7) is 9.49. The van der Waals surface area contributed by atoms with Crippen LogP contribution in [0.5, 0.6) is 0 Å². The third kappa shape index (κ3) is 9.52. The van der Waals surface area contributed by atoms with Crippen molar-refractivity contribution in [2.45, 2.75) is 61.7 Å². The first-order valence-electron chi connectivity index (χ1n) is 15.2. The average molecular weight is 653 g/mol. The van der Waals surface area contributed by atoms with Crippen molar-refractivity contribution in [2.24, 2.45) is 5.92 Å². The number of sulfonamides is 2. The van der Waals surface area contributed by atoms with Crippen molar-refractivity contribution < 1.29 is 16.8 Å². The van der Waals surface area contributed by atoms with Crippen LogP contribution in [0.25, 0.3) is 0 Å². The molecule has 0 radical (unpaired) electrons. The number of halogens is 1. The molecule has 0 amide bonds. The van der Waals surface area contributed by atoms with E-state index in [1.165, 1.54) is 40.7 Å². The van der Waals surface area contributed by atoms with Crippen LogP contribution in [0.15, 0.2) is 70.5 Å². The summed E-state index contributed by atoms with van der Waals surface area (Å²) in [6, 6.07) is 13.8. The highest BCUT2D eigenvalue weighted by molar-refractivity contribution is 7.89. The van der Waals surface area contributed by atoms with E-state index in [9.17, 15) is 16.8 Å². The first kappa shape index (κ1) is 35.5. The predicted molar refractivity (Wildman–Crippen MR) is 178 cm³/mol. The van der Waals surface area contributed by atoms with Crippen LogP contribution < -0.4 is 4.90 Å². The van der Waals surface area contributed by atoms with E-state index in [-0.39, 0.29) is 35.3 Å². The molecule has 1 saturated carbocycles. The molecule has 0 spiro atoms. The normalized spacial score (nSPS) is 19.7. The number of rotatable bonds is 7. The second kappa shape index (κ2) is 15.9. The highest BCUT2D eigenvalue weighted by atomic mass is 35.5. The van der Waals surface area contributed by atoms with E-state index in [0.717, 1.165) is 30.9 Å². The van der Waals surface area contributed by atoms with Gasteiger partial charge in [-0.05, 0) is 93.6 Å². The molecule has 240 valence electrons. The smallest absolute Gasteiger partial charge is 0.243 e. The number of hydrogen-bond acceptors (Lipinski definition) is 6. The lowest BCUT2D eigenvalue weighted by atomic mass is 9.89. The van der Waals surface area contributed by atoms with Gasteiger partial charge < -0.3 is 9.80 Å². The fourth-order valence-corrected chi connectivity index (χ4v) is 9.01. The summed E-state index contributed by atoms with van der Waals surface area (Å²) >= 11 is 0. The molecule has 43 heavy (non-hydrogen) atoms. The summed E-state index contributed by atoms with van der Waals surface area (Å²) in [5.41, 5.74) is 2.46. The summed E-state index contributed by atoms with van der Waals surface area (Å²) in [6.07, 6.45) is 7.71. The minimum atomic E-state index is -3.81. The fraction of sp³-hybridized carbons (Fsp3) is 0.562. The first-order chi connectivity index (χ1) is 20.0. The molecule has 11 heteroatoms. The minimum Gasteiger partial charge on any atom is -0.378 e. The molecule has 1 aliphatic carbocycles. The molecule has 0 bridgehead atoms. The molecule has 0 atom stereocenters. The van der Waals surface area contributed by atoms with E-state index < -0.39 is 20.0 Å². The van der Waals surface area contributed by atoms with Crippen molar-refractivity contribution in [2.75, 3.05) is 64.8 Å². The zero-order chi connectivity index (χ0) is 30.3. The SMILES string of the molecule is C=C1CN(S(=O)(=O)c2ccc(C)cc2)CCCN(CC2CCCCC2)CCCN(S(=O)(=O)c2ccc(N(C)C)cc2)C1.Cl. The molecule has 2 fully saturated rings. The van der Waals surface area contributed by atoms with Gasteiger partial charge in [0.25, 0.3) is 0 Å². The number of hydrogen-bond donors (Lipinski definition) is 0.